The third kappa shape index (κ3) is 4.32. The zero-order valence-electron chi connectivity index (χ0n) is 15.2. The first-order chi connectivity index (χ1) is 13.5. The van der Waals surface area contributed by atoms with Crippen molar-refractivity contribution < 1.29 is 18.4 Å². The molecule has 2 aliphatic rings. The minimum absolute atomic E-state index is 0.0251. The Morgan fingerprint density at radius 1 is 1.11 bits per heavy atom. The zero-order valence-corrected chi connectivity index (χ0v) is 16.0. The summed E-state index contributed by atoms with van der Waals surface area (Å²) in [6.07, 6.45) is 2.74. The first-order valence-electron chi connectivity index (χ1n) is 9.38. The van der Waals surface area contributed by atoms with Crippen LogP contribution in [0, 0.1) is 23.5 Å². The van der Waals surface area contributed by atoms with Crippen molar-refractivity contribution in [3.05, 3.63) is 46.8 Å². The van der Waals surface area contributed by atoms with Crippen LogP contribution < -0.4 is 15.5 Å². The number of carbonyl (C=O) groups excluding carboxylic acids is 2. The van der Waals surface area contributed by atoms with Crippen LogP contribution in [0.1, 0.15) is 28.9 Å². The monoisotopic (exact) mass is 405 g/mol. The number of anilines is 2. The van der Waals surface area contributed by atoms with Gasteiger partial charge in [-0.05, 0) is 49.4 Å². The minimum atomic E-state index is -0.851. The number of halogens is 2. The predicted molar refractivity (Wildman–Crippen MR) is 105 cm³/mol. The molecule has 1 saturated carbocycles. The molecule has 1 unspecified atom stereocenters. The lowest BCUT2D eigenvalue weighted by Crippen LogP contribution is -2.30. The third-order valence-corrected chi connectivity index (χ3v) is 6.13. The second-order valence-electron chi connectivity index (χ2n) is 7.34. The molecule has 2 aromatic rings. The molecule has 28 heavy (non-hydrogen) atoms. The Morgan fingerprint density at radius 3 is 2.68 bits per heavy atom. The van der Waals surface area contributed by atoms with Crippen LogP contribution in [0.4, 0.5) is 19.5 Å². The van der Waals surface area contributed by atoms with Gasteiger partial charge in [0.2, 0.25) is 5.91 Å². The summed E-state index contributed by atoms with van der Waals surface area (Å²) in [4.78, 5) is 26.7. The van der Waals surface area contributed by atoms with Crippen LogP contribution in [0.2, 0.25) is 0 Å². The maximum absolute atomic E-state index is 13.4. The second kappa shape index (κ2) is 7.87. The van der Waals surface area contributed by atoms with E-state index >= 15 is 0 Å². The number of nitrogens with zero attached hydrogens (tertiary/aromatic N) is 1. The van der Waals surface area contributed by atoms with Gasteiger partial charge in [-0.2, -0.15) is 0 Å². The SMILES string of the molecule is O=C(NCC1CCN(c2ccc(F)c(F)c2)C1)c1ccc(NC(=O)C2CC2)s1. The van der Waals surface area contributed by atoms with Crippen molar-refractivity contribution >= 4 is 33.8 Å². The van der Waals surface area contributed by atoms with E-state index in [1.165, 1.54) is 17.4 Å². The molecule has 1 aliphatic carbocycles. The van der Waals surface area contributed by atoms with Crippen LogP contribution in [0.5, 0.6) is 0 Å². The van der Waals surface area contributed by atoms with Crippen LogP contribution in [-0.2, 0) is 4.79 Å². The van der Waals surface area contributed by atoms with Crippen molar-refractivity contribution in [1.29, 1.82) is 0 Å². The van der Waals surface area contributed by atoms with E-state index in [9.17, 15) is 18.4 Å². The number of thiophene rings is 1. The van der Waals surface area contributed by atoms with Gasteiger partial charge in [-0.3, -0.25) is 9.59 Å². The van der Waals surface area contributed by atoms with Gasteiger partial charge in [0.15, 0.2) is 11.6 Å². The lowest BCUT2D eigenvalue weighted by molar-refractivity contribution is -0.117. The molecule has 1 atom stereocenters. The lowest BCUT2D eigenvalue weighted by Gasteiger charge is -2.19. The summed E-state index contributed by atoms with van der Waals surface area (Å²) >= 11 is 1.27. The van der Waals surface area contributed by atoms with Gasteiger partial charge in [0, 0.05) is 37.3 Å². The fraction of sp³-hybridized carbons (Fsp3) is 0.400. The van der Waals surface area contributed by atoms with E-state index in [2.05, 4.69) is 10.6 Å². The molecule has 8 heteroatoms. The van der Waals surface area contributed by atoms with Gasteiger partial charge in [-0.15, -0.1) is 11.3 Å². The van der Waals surface area contributed by atoms with Gasteiger partial charge in [-0.1, -0.05) is 0 Å². The summed E-state index contributed by atoms with van der Waals surface area (Å²) in [5, 5.41) is 6.47. The summed E-state index contributed by atoms with van der Waals surface area (Å²) in [5.41, 5.74) is 0.655. The van der Waals surface area contributed by atoms with E-state index in [1.54, 1.807) is 18.2 Å². The smallest absolute Gasteiger partial charge is 0.261 e. The summed E-state index contributed by atoms with van der Waals surface area (Å²) in [6.45, 7) is 1.93. The van der Waals surface area contributed by atoms with E-state index in [0.717, 1.165) is 31.9 Å². The van der Waals surface area contributed by atoms with Crippen LogP contribution in [0.3, 0.4) is 0 Å². The topological polar surface area (TPSA) is 61.4 Å². The van der Waals surface area contributed by atoms with Crippen LogP contribution >= 0.6 is 11.3 Å². The summed E-state index contributed by atoms with van der Waals surface area (Å²) in [6, 6.07) is 7.38. The largest absolute Gasteiger partial charge is 0.371 e. The van der Waals surface area contributed by atoms with Crippen molar-refractivity contribution in [3.63, 3.8) is 0 Å². The lowest BCUT2D eigenvalue weighted by atomic mass is 10.1. The Labute approximate surface area is 165 Å². The number of hydrogen-bond acceptors (Lipinski definition) is 4. The Kier molecular flexibility index (Phi) is 5.30. The standard InChI is InChI=1S/C20H21F2N3O2S/c21-15-4-3-14(9-16(15)22)25-8-7-12(11-25)10-23-20(27)17-5-6-18(28-17)24-19(26)13-1-2-13/h3-6,9,12-13H,1-2,7-8,10-11H2,(H,23,27)(H,24,26). The molecule has 0 radical (unpaired) electrons. The fourth-order valence-electron chi connectivity index (χ4n) is 3.34. The van der Waals surface area contributed by atoms with Crippen molar-refractivity contribution in [3.8, 4) is 0 Å². The van der Waals surface area contributed by atoms with Crippen molar-refractivity contribution in [1.82, 2.24) is 5.32 Å². The van der Waals surface area contributed by atoms with Crippen molar-refractivity contribution in [2.45, 2.75) is 19.3 Å². The molecule has 5 nitrogen and oxygen atoms in total. The molecule has 2 amide bonds. The molecule has 1 aliphatic heterocycles. The normalized spacial score (nSPS) is 18.9. The molecule has 1 aromatic carbocycles. The molecule has 2 heterocycles. The summed E-state index contributed by atoms with van der Waals surface area (Å²) < 4.78 is 26.5. The van der Waals surface area contributed by atoms with E-state index in [1.807, 2.05) is 4.90 Å². The highest BCUT2D eigenvalue weighted by Gasteiger charge is 2.30. The van der Waals surface area contributed by atoms with Crippen LogP contribution in [-0.4, -0.2) is 31.4 Å². The van der Waals surface area contributed by atoms with Gasteiger partial charge in [-0.25, -0.2) is 8.78 Å². The highest BCUT2D eigenvalue weighted by Crippen LogP contribution is 2.31. The summed E-state index contributed by atoms with van der Waals surface area (Å²) in [7, 11) is 0. The Balaban J connectivity index is 1.26. The highest BCUT2D eigenvalue weighted by atomic mass is 32.1. The number of rotatable bonds is 6. The van der Waals surface area contributed by atoms with Crippen LogP contribution in [0.25, 0.3) is 0 Å². The first kappa shape index (κ1) is 18.9. The number of carbonyl (C=O) groups is 2. The van der Waals surface area contributed by atoms with E-state index in [0.29, 0.717) is 28.7 Å². The maximum atomic E-state index is 13.4. The molecule has 1 aromatic heterocycles. The number of nitrogens with one attached hydrogen (secondary N) is 2. The van der Waals surface area contributed by atoms with Crippen LogP contribution in [0.15, 0.2) is 30.3 Å². The molecular weight excluding hydrogens is 384 g/mol. The van der Waals surface area contributed by atoms with Gasteiger partial charge in [0.1, 0.15) is 0 Å². The zero-order chi connectivity index (χ0) is 19.7. The number of hydrogen-bond donors (Lipinski definition) is 2. The highest BCUT2D eigenvalue weighted by molar-refractivity contribution is 7.18. The Morgan fingerprint density at radius 2 is 1.93 bits per heavy atom. The number of amides is 2. The van der Waals surface area contributed by atoms with Gasteiger partial charge < -0.3 is 15.5 Å². The summed E-state index contributed by atoms with van der Waals surface area (Å²) in [5.74, 6) is -1.47. The minimum Gasteiger partial charge on any atom is -0.371 e. The molecular formula is C20H21F2N3O2S. The molecule has 148 valence electrons. The molecule has 0 bridgehead atoms. The maximum Gasteiger partial charge on any atom is 0.261 e. The molecule has 2 fully saturated rings. The average Bonchev–Trinajstić information content (AvgIpc) is 3.25. The Bertz CT molecular complexity index is 897. The third-order valence-electron chi connectivity index (χ3n) is 5.13. The molecule has 0 spiro atoms. The van der Waals surface area contributed by atoms with Gasteiger partial charge >= 0.3 is 0 Å². The van der Waals surface area contributed by atoms with E-state index in [4.69, 9.17) is 0 Å². The van der Waals surface area contributed by atoms with Gasteiger partial charge in [0.25, 0.3) is 5.91 Å². The first-order valence-corrected chi connectivity index (χ1v) is 10.2. The second-order valence-corrected chi connectivity index (χ2v) is 8.42. The fourth-order valence-corrected chi connectivity index (χ4v) is 4.16. The van der Waals surface area contributed by atoms with Crippen molar-refractivity contribution in [2.24, 2.45) is 11.8 Å². The average molecular weight is 405 g/mol. The van der Waals surface area contributed by atoms with Gasteiger partial charge in [0.05, 0.1) is 9.88 Å². The van der Waals surface area contributed by atoms with Crippen molar-refractivity contribution in [2.75, 3.05) is 29.9 Å². The molecule has 4 rings (SSSR count). The quantitative estimate of drug-likeness (QED) is 0.772. The number of benzene rings is 1. The van der Waals surface area contributed by atoms with E-state index < -0.39 is 11.6 Å². The molecule has 1 saturated heterocycles. The molecule has 2 N–H and O–H groups in total. The Hall–Kier alpha value is -2.48. The van der Waals surface area contributed by atoms with E-state index in [-0.39, 0.29) is 23.7 Å². The predicted octanol–water partition coefficient (Wildman–Crippen LogP) is 3.63.